The molecule has 44 heavy (non-hydrogen) atoms. The predicted octanol–water partition coefficient (Wildman–Crippen LogP) is 8.94. The first-order valence-electron chi connectivity index (χ1n) is 16.6. The number of carbonyl (C=O) groups is 2. The molecule has 0 spiro atoms. The molecule has 1 heterocycles. The Morgan fingerprint density at radius 3 is 1.91 bits per heavy atom. The van der Waals surface area contributed by atoms with Crippen molar-refractivity contribution in [2.24, 2.45) is 23.7 Å². The fourth-order valence-electron chi connectivity index (χ4n) is 6.87. The number of imidazole rings is 1. The van der Waals surface area contributed by atoms with Crippen LogP contribution in [0.4, 0.5) is 5.69 Å². The van der Waals surface area contributed by atoms with E-state index in [4.69, 9.17) is 9.47 Å². The summed E-state index contributed by atoms with van der Waals surface area (Å²) in [5.41, 5.74) is 1.38. The second-order valence-corrected chi connectivity index (χ2v) is 12.7. The van der Waals surface area contributed by atoms with Crippen LogP contribution in [-0.2, 0) is 9.59 Å². The van der Waals surface area contributed by atoms with Gasteiger partial charge in [0.25, 0.3) is 0 Å². The van der Waals surface area contributed by atoms with Crippen LogP contribution in [0.5, 0.6) is 11.5 Å². The Morgan fingerprint density at radius 1 is 0.841 bits per heavy atom. The van der Waals surface area contributed by atoms with Gasteiger partial charge < -0.3 is 14.5 Å². The Kier molecular flexibility index (Phi) is 10.7. The average molecular weight is 604 g/mol. The van der Waals surface area contributed by atoms with E-state index in [9.17, 15) is 19.7 Å². The molecule has 1 aromatic heterocycles. The highest BCUT2D eigenvalue weighted by Gasteiger charge is 2.33. The highest BCUT2D eigenvalue weighted by molar-refractivity contribution is 5.85. The van der Waals surface area contributed by atoms with E-state index in [1.807, 2.05) is 24.3 Å². The standard InChI is InChI=1S/C35H45N3O6/c1-3-5-9-23-13-17-25(18-14-23)34(39)43-31-22-30(38(41)42)32(21-27(31)33-36-28-11-7-8-12-29(28)37-33)44-35(40)26-19-15-24(16-20-26)10-6-4-2/h7-8,11-12,21-26H,3-6,9-10,13-20H2,1-2H3,(H,36,37). The molecule has 2 fully saturated rings. The maximum Gasteiger partial charge on any atom is 0.315 e. The van der Waals surface area contributed by atoms with Gasteiger partial charge in [-0.2, -0.15) is 0 Å². The number of aromatic amines is 1. The van der Waals surface area contributed by atoms with Gasteiger partial charge in [-0.25, -0.2) is 4.98 Å². The molecule has 0 bridgehead atoms. The third-order valence-electron chi connectivity index (χ3n) is 9.62. The number of nitrogens with one attached hydrogen (secondary N) is 1. The fraction of sp³-hybridized carbons (Fsp3) is 0.571. The van der Waals surface area contributed by atoms with E-state index < -0.39 is 22.5 Å². The predicted molar refractivity (Wildman–Crippen MR) is 169 cm³/mol. The molecular weight excluding hydrogens is 558 g/mol. The first-order chi connectivity index (χ1) is 21.4. The van der Waals surface area contributed by atoms with Crippen LogP contribution in [0.25, 0.3) is 22.4 Å². The lowest BCUT2D eigenvalue weighted by Gasteiger charge is -2.27. The number of carbonyl (C=O) groups excluding carboxylic acids is 2. The molecule has 0 amide bonds. The van der Waals surface area contributed by atoms with Crippen molar-refractivity contribution in [2.45, 2.75) is 104 Å². The first-order valence-corrected chi connectivity index (χ1v) is 16.6. The van der Waals surface area contributed by atoms with Gasteiger partial charge in [-0.3, -0.25) is 19.7 Å². The minimum atomic E-state index is -0.594. The lowest BCUT2D eigenvalue weighted by Crippen LogP contribution is -2.26. The zero-order valence-electron chi connectivity index (χ0n) is 26.0. The number of hydrogen-bond donors (Lipinski definition) is 1. The van der Waals surface area contributed by atoms with Crippen LogP contribution in [0.15, 0.2) is 36.4 Å². The van der Waals surface area contributed by atoms with Crippen molar-refractivity contribution in [1.82, 2.24) is 9.97 Å². The Balaban J connectivity index is 1.40. The van der Waals surface area contributed by atoms with Crippen molar-refractivity contribution < 1.29 is 24.0 Å². The van der Waals surface area contributed by atoms with Gasteiger partial charge in [0.1, 0.15) is 11.6 Å². The van der Waals surface area contributed by atoms with Crippen LogP contribution in [0, 0.1) is 33.8 Å². The Hall–Kier alpha value is -3.75. The SMILES string of the molecule is CCCCC1CCC(C(=O)Oc2cc([N+](=O)[O-])c(OC(=O)C3CCC(CCCC)CC3)cc2-c2nc3ccccc3[nH]2)CC1. The van der Waals surface area contributed by atoms with E-state index in [2.05, 4.69) is 23.8 Å². The molecule has 0 unspecified atom stereocenters. The summed E-state index contributed by atoms with van der Waals surface area (Å²) in [7, 11) is 0. The highest BCUT2D eigenvalue weighted by Crippen LogP contribution is 2.42. The van der Waals surface area contributed by atoms with Crippen molar-refractivity contribution in [3.63, 3.8) is 0 Å². The van der Waals surface area contributed by atoms with Crippen molar-refractivity contribution in [2.75, 3.05) is 0 Å². The summed E-state index contributed by atoms with van der Waals surface area (Å²) in [6.07, 6.45) is 13.8. The van der Waals surface area contributed by atoms with E-state index in [-0.39, 0.29) is 23.3 Å². The molecule has 2 aliphatic carbocycles. The first kappa shape index (κ1) is 31.7. The molecule has 236 valence electrons. The summed E-state index contributed by atoms with van der Waals surface area (Å²) < 4.78 is 11.7. The van der Waals surface area contributed by atoms with Gasteiger partial charge >= 0.3 is 17.6 Å². The number of H-pyrrole nitrogens is 1. The molecule has 2 aromatic carbocycles. The third kappa shape index (κ3) is 7.66. The maximum absolute atomic E-state index is 13.4. The molecule has 0 radical (unpaired) electrons. The number of ether oxygens (including phenoxy) is 2. The molecule has 0 saturated heterocycles. The Morgan fingerprint density at radius 2 is 1.39 bits per heavy atom. The van der Waals surface area contributed by atoms with Gasteiger partial charge in [0.15, 0.2) is 0 Å². The van der Waals surface area contributed by atoms with Crippen LogP contribution in [0.3, 0.4) is 0 Å². The van der Waals surface area contributed by atoms with Gasteiger partial charge in [-0.1, -0.05) is 64.5 Å². The number of benzene rings is 2. The fourth-order valence-corrected chi connectivity index (χ4v) is 6.87. The zero-order valence-corrected chi connectivity index (χ0v) is 26.0. The summed E-state index contributed by atoms with van der Waals surface area (Å²) in [6.45, 7) is 4.37. The molecule has 1 N–H and O–H groups in total. The molecule has 0 atom stereocenters. The van der Waals surface area contributed by atoms with Crippen molar-refractivity contribution in [1.29, 1.82) is 0 Å². The second-order valence-electron chi connectivity index (χ2n) is 12.7. The monoisotopic (exact) mass is 603 g/mol. The van der Waals surface area contributed by atoms with Crippen molar-refractivity contribution in [3.05, 3.63) is 46.5 Å². The lowest BCUT2D eigenvalue weighted by atomic mass is 9.80. The van der Waals surface area contributed by atoms with Gasteiger partial charge in [-0.05, 0) is 75.3 Å². The number of hydrogen-bond acceptors (Lipinski definition) is 7. The second kappa shape index (κ2) is 14.8. The number of para-hydroxylation sites is 2. The summed E-state index contributed by atoms with van der Waals surface area (Å²) in [5.74, 6) is 0.0792. The number of nitro groups is 1. The van der Waals surface area contributed by atoms with Crippen LogP contribution in [-0.4, -0.2) is 26.8 Å². The quantitative estimate of drug-likeness (QED) is 0.0948. The zero-order chi connectivity index (χ0) is 31.1. The number of unbranched alkanes of at least 4 members (excludes halogenated alkanes) is 2. The number of esters is 2. The lowest BCUT2D eigenvalue weighted by molar-refractivity contribution is -0.385. The molecule has 2 aliphatic rings. The molecule has 3 aromatic rings. The van der Waals surface area contributed by atoms with Gasteiger partial charge in [0.2, 0.25) is 5.75 Å². The van der Waals surface area contributed by atoms with Crippen LogP contribution in [0.1, 0.15) is 104 Å². The van der Waals surface area contributed by atoms with E-state index in [1.165, 1.54) is 37.8 Å². The molecule has 9 nitrogen and oxygen atoms in total. The van der Waals surface area contributed by atoms with E-state index in [1.54, 1.807) is 0 Å². The molecule has 5 rings (SSSR count). The van der Waals surface area contributed by atoms with Gasteiger partial charge in [0.05, 0.1) is 39.4 Å². The normalized spacial score (nSPS) is 22.0. The van der Waals surface area contributed by atoms with E-state index in [0.29, 0.717) is 41.6 Å². The smallest absolute Gasteiger partial charge is 0.315 e. The number of rotatable bonds is 12. The van der Waals surface area contributed by atoms with E-state index >= 15 is 0 Å². The van der Waals surface area contributed by atoms with Gasteiger partial charge in [-0.15, -0.1) is 0 Å². The minimum absolute atomic E-state index is 0.0325. The van der Waals surface area contributed by atoms with Crippen molar-refractivity contribution in [3.8, 4) is 22.9 Å². The summed E-state index contributed by atoms with van der Waals surface area (Å²) in [6, 6.07) is 10.1. The minimum Gasteiger partial charge on any atom is -0.425 e. The number of nitro benzene ring substituents is 1. The third-order valence-corrected chi connectivity index (χ3v) is 9.62. The molecule has 9 heteroatoms. The van der Waals surface area contributed by atoms with Crippen molar-refractivity contribution >= 4 is 28.7 Å². The van der Waals surface area contributed by atoms with Crippen LogP contribution in [0.2, 0.25) is 0 Å². The molecule has 0 aliphatic heterocycles. The topological polar surface area (TPSA) is 124 Å². The Bertz CT molecular complexity index is 1420. The number of fused-ring (bicyclic) bond motifs is 1. The summed E-state index contributed by atoms with van der Waals surface area (Å²) in [4.78, 5) is 46.2. The Labute approximate surface area is 259 Å². The molecule has 2 saturated carbocycles. The maximum atomic E-state index is 13.4. The number of aromatic nitrogens is 2. The average Bonchev–Trinajstić information content (AvgIpc) is 3.48. The molecular formula is C35H45N3O6. The number of nitrogens with zero attached hydrogens (tertiary/aromatic N) is 2. The van der Waals surface area contributed by atoms with Crippen LogP contribution >= 0.6 is 0 Å². The highest BCUT2D eigenvalue weighted by atomic mass is 16.6. The largest absolute Gasteiger partial charge is 0.425 e. The summed E-state index contributed by atoms with van der Waals surface area (Å²) >= 11 is 0. The van der Waals surface area contributed by atoms with E-state index in [0.717, 1.165) is 56.9 Å². The van der Waals surface area contributed by atoms with Gasteiger partial charge in [0, 0.05) is 6.07 Å². The summed E-state index contributed by atoms with van der Waals surface area (Å²) in [5, 5.41) is 12.2. The van der Waals surface area contributed by atoms with Crippen LogP contribution < -0.4 is 9.47 Å².